The Kier molecular flexibility index (Phi) is 28.6. The molecule has 0 bridgehead atoms. The number of allylic oxidation sites excluding steroid dienone is 2. The van der Waals surface area contributed by atoms with Crippen molar-refractivity contribution in [2.45, 2.75) is 252 Å². The number of unbranched alkanes of at least 4 members (excludes halogenated alkanes) is 32. The van der Waals surface area contributed by atoms with Crippen LogP contribution >= 0.6 is 0 Å². The molecule has 2 aromatic rings. The van der Waals surface area contributed by atoms with Crippen LogP contribution in [-0.2, 0) is 12.8 Å². The average Bonchev–Trinajstić information content (AvgIpc) is 3.53. The van der Waals surface area contributed by atoms with Crippen LogP contribution < -0.4 is 0 Å². The second kappa shape index (κ2) is 33.4. The van der Waals surface area contributed by atoms with Gasteiger partial charge in [0.05, 0.1) is 0 Å². The molecule has 0 radical (unpaired) electrons. The summed E-state index contributed by atoms with van der Waals surface area (Å²) >= 11 is 0. The predicted octanol–water partition coefficient (Wildman–Crippen LogP) is 18.9. The third-order valence-corrected chi connectivity index (χ3v) is 12.7. The van der Waals surface area contributed by atoms with Crippen LogP contribution in [0.25, 0.3) is 16.9 Å². The van der Waals surface area contributed by atoms with Gasteiger partial charge in [0.15, 0.2) is 0 Å². The molecule has 0 aromatic heterocycles. The van der Waals surface area contributed by atoms with Gasteiger partial charge in [0, 0.05) is 22.8 Å². The van der Waals surface area contributed by atoms with E-state index in [1.807, 2.05) is 0 Å². The van der Waals surface area contributed by atoms with Gasteiger partial charge in [-0.05, 0) is 68.0 Å². The first-order valence-electron chi connectivity index (χ1n) is 25.2. The number of aryl methyl sites for hydroxylation is 2. The maximum absolute atomic E-state index is 11.5. The Hall–Kier alpha value is -2.48. The van der Waals surface area contributed by atoms with Gasteiger partial charge in [-0.2, -0.15) is 0 Å². The molecule has 0 spiro atoms. The first kappa shape index (κ1) is 48.9. The minimum atomic E-state index is 0.894. The lowest BCUT2D eigenvalue weighted by Crippen LogP contribution is -2.03. The Morgan fingerprint density at radius 3 is 1.04 bits per heavy atom. The van der Waals surface area contributed by atoms with Crippen molar-refractivity contribution in [3.05, 3.63) is 88.0 Å². The highest BCUT2D eigenvalue weighted by atomic mass is 15.2. The van der Waals surface area contributed by atoms with Crippen molar-refractivity contribution in [2.75, 3.05) is 0 Å². The average molecular weight is 779 g/mol. The van der Waals surface area contributed by atoms with Crippen molar-refractivity contribution in [3.8, 4) is 0 Å². The smallest absolute Gasteiger partial charge is 0.210 e. The summed E-state index contributed by atoms with van der Waals surface area (Å²) in [4.78, 5) is 0. The molecule has 57 heavy (non-hydrogen) atoms. The van der Waals surface area contributed by atoms with Gasteiger partial charge in [-0.25, -0.2) is 4.70 Å². The molecule has 0 amide bonds. The Balaban J connectivity index is 1.23. The largest absolute Gasteiger partial charge is 0.493 e. The molecule has 2 aromatic carbocycles. The van der Waals surface area contributed by atoms with E-state index in [0.717, 1.165) is 40.9 Å². The molecule has 320 valence electrons. The molecule has 1 heterocycles. The lowest BCUT2D eigenvalue weighted by molar-refractivity contribution is -0.344. The highest BCUT2D eigenvalue weighted by Gasteiger charge is 2.27. The molecule has 0 atom stereocenters. The number of hydrogen-bond acceptors (Lipinski definition) is 0. The van der Waals surface area contributed by atoms with Crippen LogP contribution in [0.2, 0.25) is 0 Å². The first-order chi connectivity index (χ1) is 28.1. The molecular weight excluding hydrogens is 689 g/mol. The van der Waals surface area contributed by atoms with E-state index in [1.54, 1.807) is 0 Å². The summed E-state index contributed by atoms with van der Waals surface area (Å²) in [5.74, 6) is 0. The van der Waals surface area contributed by atoms with Crippen molar-refractivity contribution in [1.29, 1.82) is 0 Å². The molecule has 1 aliphatic heterocycles. The van der Waals surface area contributed by atoms with Crippen LogP contribution in [0.3, 0.4) is 0 Å². The second-order valence-corrected chi connectivity index (χ2v) is 18.1. The van der Waals surface area contributed by atoms with E-state index in [9.17, 15) is 5.53 Å². The Labute approximate surface area is 354 Å². The van der Waals surface area contributed by atoms with Gasteiger partial charge in [0.25, 0.3) is 0 Å². The van der Waals surface area contributed by atoms with Gasteiger partial charge in [0.2, 0.25) is 11.4 Å². The molecule has 0 unspecified atom stereocenters. The summed E-state index contributed by atoms with van der Waals surface area (Å²) in [6, 6.07) is 17.8. The van der Waals surface area contributed by atoms with E-state index < -0.39 is 0 Å². The molecular formula is C55H90N2. The van der Waals surface area contributed by atoms with E-state index in [-0.39, 0.29) is 0 Å². The minimum absolute atomic E-state index is 0.894. The lowest BCUT2D eigenvalue weighted by Gasteiger charge is -2.11. The van der Waals surface area contributed by atoms with Crippen LogP contribution in [0.15, 0.2) is 60.2 Å². The molecule has 0 aliphatic carbocycles. The highest BCUT2D eigenvalue weighted by molar-refractivity contribution is 5.78. The van der Waals surface area contributed by atoms with Crippen LogP contribution in [-0.4, -0.2) is 4.70 Å². The Morgan fingerprint density at radius 2 is 0.684 bits per heavy atom. The topological polar surface area (TPSA) is 25.3 Å². The van der Waals surface area contributed by atoms with E-state index in [2.05, 4.69) is 75.4 Å². The number of rotatable bonds is 38. The second-order valence-electron chi connectivity index (χ2n) is 18.1. The van der Waals surface area contributed by atoms with Crippen LogP contribution in [0.5, 0.6) is 0 Å². The fraction of sp³-hybridized carbons (Fsp3) is 0.709. The van der Waals surface area contributed by atoms with Gasteiger partial charge >= 0.3 is 0 Å². The van der Waals surface area contributed by atoms with Gasteiger partial charge in [-0.15, -0.1) is 0 Å². The van der Waals surface area contributed by atoms with Crippen LogP contribution in [0, 0.1) is 0 Å². The summed E-state index contributed by atoms with van der Waals surface area (Å²) in [6.45, 7) is 6.74. The molecule has 3 rings (SSSR count). The van der Waals surface area contributed by atoms with Crippen molar-refractivity contribution in [3.63, 3.8) is 0 Å². The van der Waals surface area contributed by atoms with E-state index in [0.29, 0.717) is 0 Å². The van der Waals surface area contributed by atoms with Crippen LogP contribution in [0.4, 0.5) is 0 Å². The fourth-order valence-corrected chi connectivity index (χ4v) is 9.05. The van der Waals surface area contributed by atoms with Crippen molar-refractivity contribution in [1.82, 2.24) is 0 Å². The van der Waals surface area contributed by atoms with Gasteiger partial charge in [0.1, 0.15) is 0 Å². The van der Waals surface area contributed by atoms with E-state index in [4.69, 9.17) is 0 Å². The third-order valence-electron chi connectivity index (χ3n) is 12.7. The van der Waals surface area contributed by atoms with Gasteiger partial charge in [-0.3, -0.25) is 0 Å². The highest BCUT2D eigenvalue weighted by Crippen LogP contribution is 2.35. The molecule has 1 aliphatic rings. The third kappa shape index (κ3) is 22.5. The standard InChI is InChI=1S/C55H90N2/c1-4-6-8-10-12-14-16-18-20-22-24-26-28-30-32-34-36-40-50-42-38-44-52(47-50)54-46-49(3)55(57(54)56)53-45-39-43-51(48-53)41-37-35-33-31-29-27-25-23-21-19-17-15-13-11-9-7-5-2/h38-39,42-48H,4-37,40-41H2,1-3H3. The molecule has 0 saturated heterocycles. The lowest BCUT2D eigenvalue weighted by atomic mass is 10.0. The summed E-state index contributed by atoms with van der Waals surface area (Å²) in [7, 11) is 0. The quantitative estimate of drug-likeness (QED) is 0.0479. The first-order valence-corrected chi connectivity index (χ1v) is 25.2. The fourth-order valence-electron chi connectivity index (χ4n) is 9.05. The van der Waals surface area contributed by atoms with Crippen molar-refractivity contribution >= 4 is 11.4 Å². The zero-order valence-electron chi connectivity index (χ0n) is 38.0. The summed E-state index contributed by atoms with van der Waals surface area (Å²) in [6.07, 6.45) is 52.3. The molecule has 0 saturated carbocycles. The normalized spacial score (nSPS) is 13.0. The monoisotopic (exact) mass is 779 g/mol. The molecule has 0 fully saturated rings. The molecule has 2 heteroatoms. The zero-order chi connectivity index (χ0) is 40.4. The van der Waals surface area contributed by atoms with E-state index in [1.165, 1.54) is 234 Å². The van der Waals surface area contributed by atoms with Crippen LogP contribution in [0.1, 0.15) is 261 Å². The van der Waals surface area contributed by atoms with Gasteiger partial charge in [-0.1, -0.05) is 244 Å². The maximum Gasteiger partial charge on any atom is 0.210 e. The molecule has 0 N–H and O–H groups in total. The van der Waals surface area contributed by atoms with E-state index >= 15 is 0 Å². The summed E-state index contributed by atoms with van der Waals surface area (Å²) in [5.41, 5.74) is 19.4. The minimum Gasteiger partial charge on any atom is -0.493 e. The summed E-state index contributed by atoms with van der Waals surface area (Å²) < 4.78 is 1.44. The molecule has 2 nitrogen and oxygen atoms in total. The number of hydrogen-bond donors (Lipinski definition) is 0. The Bertz CT molecular complexity index is 1360. The zero-order valence-corrected chi connectivity index (χ0v) is 38.0. The number of benzene rings is 2. The van der Waals surface area contributed by atoms with Gasteiger partial charge < -0.3 is 5.53 Å². The predicted molar refractivity (Wildman–Crippen MR) is 253 cm³/mol. The SMILES string of the molecule is CCCCCCCCCCCCCCCCCCCc1cccc(C2=CC(C)=C(c3cccc(CCCCCCCCCCCCCCCCCCC)c3)[N+]2=[N-])c1. The Morgan fingerprint density at radius 1 is 0.386 bits per heavy atom. The van der Waals surface area contributed by atoms with Crippen molar-refractivity contribution < 1.29 is 4.70 Å². The van der Waals surface area contributed by atoms with Crippen molar-refractivity contribution in [2.24, 2.45) is 0 Å². The number of nitrogens with zero attached hydrogens (tertiary/aromatic N) is 2. The maximum atomic E-state index is 11.5. The summed E-state index contributed by atoms with van der Waals surface area (Å²) in [5, 5.41) is 0.